The quantitative estimate of drug-likeness (QED) is 0.276. The third-order valence-corrected chi connectivity index (χ3v) is 7.18. The van der Waals surface area contributed by atoms with E-state index in [-0.39, 0.29) is 11.2 Å². The number of non-ortho nitro benzene ring substituents is 1. The zero-order valence-corrected chi connectivity index (χ0v) is 21.6. The van der Waals surface area contributed by atoms with Gasteiger partial charge in [-0.25, -0.2) is 4.68 Å². The molecule has 0 bridgehead atoms. The minimum atomic E-state index is -0.464. The van der Waals surface area contributed by atoms with Crippen molar-refractivity contribution in [2.45, 2.75) is 26.4 Å². The van der Waals surface area contributed by atoms with Crippen LogP contribution in [0.1, 0.15) is 28.6 Å². The van der Waals surface area contributed by atoms with Crippen LogP contribution >= 0.6 is 0 Å². The van der Waals surface area contributed by atoms with Crippen LogP contribution in [0, 0.1) is 24.0 Å². The Labute approximate surface area is 219 Å². The highest BCUT2D eigenvalue weighted by Crippen LogP contribution is 2.30. The van der Waals surface area contributed by atoms with Gasteiger partial charge in [0.25, 0.3) is 11.2 Å². The second-order valence-electron chi connectivity index (χ2n) is 9.49. The van der Waals surface area contributed by atoms with Gasteiger partial charge in [-0.15, -0.1) is 5.10 Å². The van der Waals surface area contributed by atoms with Gasteiger partial charge in [-0.3, -0.25) is 19.8 Å². The summed E-state index contributed by atoms with van der Waals surface area (Å²) in [5.41, 5.74) is 4.32. The van der Waals surface area contributed by atoms with Gasteiger partial charge >= 0.3 is 0 Å². The van der Waals surface area contributed by atoms with Gasteiger partial charge in [-0.2, -0.15) is 0 Å². The molecule has 1 unspecified atom stereocenters. The second-order valence-corrected chi connectivity index (χ2v) is 9.49. The lowest BCUT2D eigenvalue weighted by Gasteiger charge is -2.39. The van der Waals surface area contributed by atoms with Gasteiger partial charge in [0.2, 0.25) is 0 Å². The molecule has 0 saturated carbocycles. The first kappa shape index (κ1) is 25.5. The number of pyridine rings is 1. The van der Waals surface area contributed by atoms with Crippen LogP contribution in [0.15, 0.2) is 47.3 Å². The zero-order chi connectivity index (χ0) is 26.8. The molecule has 38 heavy (non-hydrogen) atoms. The van der Waals surface area contributed by atoms with Crippen molar-refractivity contribution in [2.75, 3.05) is 44.8 Å². The molecule has 1 saturated heterocycles. The van der Waals surface area contributed by atoms with Crippen molar-refractivity contribution < 1.29 is 9.66 Å². The van der Waals surface area contributed by atoms with Crippen LogP contribution in [0.2, 0.25) is 0 Å². The fourth-order valence-electron chi connectivity index (χ4n) is 5.06. The SMILES string of the molecule is COCCn1nnnc1C(c1cc2c(C)ccc(C)c2[nH]c1=O)N1CCN(c2ccc([N+](=O)[O-])cc2)CC1. The Kier molecular flexibility index (Phi) is 7.16. The molecule has 0 amide bonds. The number of nitro benzene ring substituents is 1. The van der Waals surface area contributed by atoms with E-state index >= 15 is 0 Å². The average Bonchev–Trinajstić information content (AvgIpc) is 3.39. The number of benzene rings is 2. The van der Waals surface area contributed by atoms with Crippen LogP contribution < -0.4 is 10.5 Å². The summed E-state index contributed by atoms with van der Waals surface area (Å²) in [6.07, 6.45) is 0. The Hall–Kier alpha value is -4.16. The standard InChI is InChI=1S/C26H30N8O4/c1-17-4-5-18(2)23-21(17)16-22(26(35)27-23)24(25-28-29-30-33(25)14-15-38-3)32-12-10-31(11-13-32)19-6-8-20(9-7-19)34(36)37/h4-9,16,24H,10-15H2,1-3H3,(H,27,35). The number of aromatic amines is 1. The molecule has 1 aliphatic heterocycles. The molecule has 1 N–H and O–H groups in total. The fraction of sp³-hybridized carbons (Fsp3) is 0.385. The van der Waals surface area contributed by atoms with E-state index in [9.17, 15) is 14.9 Å². The van der Waals surface area contributed by atoms with Gasteiger partial charge in [0.1, 0.15) is 6.04 Å². The van der Waals surface area contributed by atoms with E-state index in [0.717, 1.165) is 27.7 Å². The molecular weight excluding hydrogens is 488 g/mol. The fourth-order valence-corrected chi connectivity index (χ4v) is 5.06. The molecule has 5 rings (SSSR count). The van der Waals surface area contributed by atoms with Crippen LogP contribution in [-0.2, 0) is 11.3 Å². The van der Waals surface area contributed by atoms with E-state index in [4.69, 9.17) is 4.74 Å². The number of nitrogens with one attached hydrogen (secondary N) is 1. The number of hydrogen-bond acceptors (Lipinski definition) is 9. The number of ether oxygens (including phenoxy) is 1. The van der Waals surface area contributed by atoms with Crippen LogP contribution in [0.4, 0.5) is 11.4 Å². The van der Waals surface area contributed by atoms with Gasteiger partial charge < -0.3 is 14.6 Å². The number of anilines is 1. The number of methoxy groups -OCH3 is 1. The van der Waals surface area contributed by atoms with Crippen molar-refractivity contribution in [1.29, 1.82) is 0 Å². The van der Waals surface area contributed by atoms with E-state index in [1.54, 1.807) is 23.9 Å². The summed E-state index contributed by atoms with van der Waals surface area (Å²) in [7, 11) is 1.62. The average molecular weight is 519 g/mol. The van der Waals surface area contributed by atoms with Crippen LogP contribution in [0.25, 0.3) is 10.9 Å². The van der Waals surface area contributed by atoms with Crippen molar-refractivity contribution in [3.05, 3.63) is 85.4 Å². The minimum Gasteiger partial charge on any atom is -0.383 e. The first-order valence-corrected chi connectivity index (χ1v) is 12.5. The van der Waals surface area contributed by atoms with Crippen molar-refractivity contribution in [3.8, 4) is 0 Å². The third-order valence-electron chi connectivity index (χ3n) is 7.18. The van der Waals surface area contributed by atoms with Crippen molar-refractivity contribution in [2.24, 2.45) is 0 Å². The maximum absolute atomic E-state index is 13.5. The summed E-state index contributed by atoms with van der Waals surface area (Å²) in [6.45, 7) is 7.55. The van der Waals surface area contributed by atoms with Crippen molar-refractivity contribution in [3.63, 3.8) is 0 Å². The molecule has 0 spiro atoms. The van der Waals surface area contributed by atoms with Crippen molar-refractivity contribution >= 4 is 22.3 Å². The van der Waals surface area contributed by atoms with Gasteiger partial charge in [0.15, 0.2) is 5.82 Å². The lowest BCUT2D eigenvalue weighted by atomic mass is 9.99. The molecule has 1 fully saturated rings. The topological polar surface area (TPSA) is 135 Å². The Morgan fingerprint density at radius 3 is 2.47 bits per heavy atom. The maximum atomic E-state index is 13.5. The number of nitrogens with zero attached hydrogens (tertiary/aromatic N) is 7. The summed E-state index contributed by atoms with van der Waals surface area (Å²) in [4.78, 5) is 31.7. The number of hydrogen-bond donors (Lipinski definition) is 1. The monoisotopic (exact) mass is 518 g/mol. The van der Waals surface area contributed by atoms with Gasteiger partial charge in [0, 0.05) is 62.1 Å². The first-order valence-electron chi connectivity index (χ1n) is 12.5. The molecule has 0 radical (unpaired) electrons. The highest BCUT2D eigenvalue weighted by atomic mass is 16.6. The highest BCUT2D eigenvalue weighted by molar-refractivity contribution is 5.85. The number of tetrazole rings is 1. The smallest absolute Gasteiger partial charge is 0.269 e. The molecule has 1 atom stereocenters. The lowest BCUT2D eigenvalue weighted by molar-refractivity contribution is -0.384. The third kappa shape index (κ3) is 4.87. The molecule has 12 heteroatoms. The number of piperazine rings is 1. The molecule has 0 aliphatic carbocycles. The largest absolute Gasteiger partial charge is 0.383 e. The minimum absolute atomic E-state index is 0.0661. The normalized spacial score (nSPS) is 15.2. The molecule has 3 heterocycles. The number of fused-ring (bicyclic) bond motifs is 1. The van der Waals surface area contributed by atoms with Crippen molar-refractivity contribution in [1.82, 2.24) is 30.1 Å². The summed E-state index contributed by atoms with van der Waals surface area (Å²) >= 11 is 0. The van der Waals surface area contributed by atoms with E-state index < -0.39 is 11.0 Å². The predicted molar refractivity (Wildman–Crippen MR) is 142 cm³/mol. The molecule has 12 nitrogen and oxygen atoms in total. The van der Waals surface area contributed by atoms with Crippen LogP contribution in [0.5, 0.6) is 0 Å². The van der Waals surface area contributed by atoms with Gasteiger partial charge in [-0.1, -0.05) is 12.1 Å². The van der Waals surface area contributed by atoms with E-state index in [1.165, 1.54) is 12.1 Å². The van der Waals surface area contributed by atoms with E-state index in [2.05, 4.69) is 36.4 Å². The maximum Gasteiger partial charge on any atom is 0.269 e. The second kappa shape index (κ2) is 10.7. The number of rotatable bonds is 8. The molecular formula is C26H30N8O4. The number of H-pyrrole nitrogens is 1. The molecule has 4 aromatic rings. The Morgan fingerprint density at radius 1 is 1.08 bits per heavy atom. The van der Waals surface area contributed by atoms with Crippen LogP contribution in [-0.4, -0.2) is 74.9 Å². The Bertz CT molecular complexity index is 1510. The first-order chi connectivity index (χ1) is 18.4. The number of nitro groups is 1. The van der Waals surface area contributed by atoms with E-state index in [0.29, 0.717) is 50.7 Å². The summed E-state index contributed by atoms with van der Waals surface area (Å²) < 4.78 is 6.95. The number of aromatic nitrogens is 5. The summed E-state index contributed by atoms with van der Waals surface area (Å²) in [6, 6.07) is 12.2. The van der Waals surface area contributed by atoms with Gasteiger partial charge in [-0.05, 0) is 53.6 Å². The Balaban J connectivity index is 1.50. The molecule has 1 aliphatic rings. The van der Waals surface area contributed by atoms with Crippen LogP contribution in [0.3, 0.4) is 0 Å². The molecule has 2 aromatic heterocycles. The lowest BCUT2D eigenvalue weighted by Crippen LogP contribution is -2.49. The molecule has 2 aromatic carbocycles. The summed E-state index contributed by atoms with van der Waals surface area (Å²) in [5, 5.41) is 24.5. The van der Waals surface area contributed by atoms with Gasteiger partial charge in [0.05, 0.1) is 23.6 Å². The summed E-state index contributed by atoms with van der Waals surface area (Å²) in [5.74, 6) is 0.584. The number of aryl methyl sites for hydroxylation is 2. The zero-order valence-electron chi connectivity index (χ0n) is 21.6. The predicted octanol–water partition coefficient (Wildman–Crippen LogP) is 2.60. The Morgan fingerprint density at radius 2 is 1.79 bits per heavy atom. The van der Waals surface area contributed by atoms with E-state index in [1.807, 2.05) is 26.0 Å². The highest BCUT2D eigenvalue weighted by Gasteiger charge is 2.33. The molecule has 198 valence electrons.